The lowest BCUT2D eigenvalue weighted by Gasteiger charge is -2.28. The maximum absolute atomic E-state index is 12.1. The Labute approximate surface area is 117 Å². The van der Waals surface area contributed by atoms with Crippen LogP contribution in [0.1, 0.15) is 19.4 Å². The number of hydrogen-bond donors (Lipinski definition) is 1. The Morgan fingerprint density at radius 2 is 1.89 bits per heavy atom. The van der Waals surface area contributed by atoms with E-state index in [1.165, 1.54) is 5.56 Å². The van der Waals surface area contributed by atoms with Crippen molar-refractivity contribution >= 4 is 21.8 Å². The Morgan fingerprint density at radius 3 is 2.39 bits per heavy atom. The van der Waals surface area contributed by atoms with Crippen molar-refractivity contribution in [2.75, 3.05) is 20.1 Å². The van der Waals surface area contributed by atoms with Crippen molar-refractivity contribution in [2.45, 2.75) is 20.3 Å². The van der Waals surface area contributed by atoms with Crippen molar-refractivity contribution in [3.05, 3.63) is 34.3 Å². The molecule has 1 aromatic rings. The average Bonchev–Trinajstić information content (AvgIpc) is 2.36. The quantitative estimate of drug-likeness (QED) is 0.907. The van der Waals surface area contributed by atoms with Gasteiger partial charge in [-0.1, -0.05) is 28.1 Å². The minimum absolute atomic E-state index is 0.0992. The third-order valence-electron chi connectivity index (χ3n) is 3.09. The zero-order valence-corrected chi connectivity index (χ0v) is 12.8. The lowest BCUT2D eigenvalue weighted by molar-refractivity contribution is -0.138. The van der Waals surface area contributed by atoms with Crippen LogP contribution in [0.2, 0.25) is 0 Å². The standard InChI is InChI=1S/C14H21BrN2O/c1-14(2,10-16)13(18)17(3)9-8-11-4-6-12(15)7-5-11/h4-7H,8-10,16H2,1-3H3. The van der Waals surface area contributed by atoms with Gasteiger partial charge in [0.1, 0.15) is 0 Å². The third kappa shape index (κ3) is 4.10. The second-order valence-corrected chi connectivity index (χ2v) is 6.11. The van der Waals surface area contributed by atoms with Gasteiger partial charge >= 0.3 is 0 Å². The van der Waals surface area contributed by atoms with Gasteiger partial charge in [-0.25, -0.2) is 0 Å². The lowest BCUT2D eigenvalue weighted by atomic mass is 9.92. The van der Waals surface area contributed by atoms with Crippen molar-refractivity contribution in [1.82, 2.24) is 4.90 Å². The zero-order chi connectivity index (χ0) is 13.8. The molecular formula is C14H21BrN2O. The van der Waals surface area contributed by atoms with Gasteiger partial charge in [-0.15, -0.1) is 0 Å². The summed E-state index contributed by atoms with van der Waals surface area (Å²) in [5.74, 6) is 0.0992. The molecule has 0 spiro atoms. The minimum Gasteiger partial charge on any atom is -0.345 e. The van der Waals surface area contributed by atoms with Crippen molar-refractivity contribution in [2.24, 2.45) is 11.1 Å². The van der Waals surface area contributed by atoms with Gasteiger partial charge in [-0.2, -0.15) is 0 Å². The molecule has 0 bridgehead atoms. The fourth-order valence-corrected chi connectivity index (χ4v) is 1.92. The molecule has 1 amide bonds. The van der Waals surface area contributed by atoms with Crippen LogP contribution in [0.15, 0.2) is 28.7 Å². The molecule has 4 heteroatoms. The molecule has 1 aromatic carbocycles. The molecule has 2 N–H and O–H groups in total. The molecule has 3 nitrogen and oxygen atoms in total. The van der Waals surface area contributed by atoms with Crippen molar-refractivity contribution < 1.29 is 4.79 Å². The van der Waals surface area contributed by atoms with E-state index < -0.39 is 5.41 Å². The van der Waals surface area contributed by atoms with Crippen molar-refractivity contribution in [1.29, 1.82) is 0 Å². The summed E-state index contributed by atoms with van der Waals surface area (Å²) in [5.41, 5.74) is 6.36. The van der Waals surface area contributed by atoms with E-state index in [4.69, 9.17) is 5.73 Å². The number of carbonyl (C=O) groups is 1. The van der Waals surface area contributed by atoms with Crippen LogP contribution in [0.3, 0.4) is 0 Å². The summed E-state index contributed by atoms with van der Waals surface area (Å²) in [6.07, 6.45) is 0.857. The van der Waals surface area contributed by atoms with Crippen LogP contribution in [0.4, 0.5) is 0 Å². The normalized spacial score (nSPS) is 11.4. The zero-order valence-electron chi connectivity index (χ0n) is 11.2. The van der Waals surface area contributed by atoms with E-state index in [9.17, 15) is 4.79 Å². The first-order valence-corrected chi connectivity index (χ1v) is 6.86. The van der Waals surface area contributed by atoms with E-state index in [0.717, 1.165) is 10.9 Å². The number of amides is 1. The maximum Gasteiger partial charge on any atom is 0.229 e. The summed E-state index contributed by atoms with van der Waals surface area (Å²) in [6, 6.07) is 8.16. The molecule has 1 rings (SSSR count). The summed E-state index contributed by atoms with van der Waals surface area (Å²) in [5, 5.41) is 0. The number of halogens is 1. The van der Waals surface area contributed by atoms with Gasteiger partial charge in [0.25, 0.3) is 0 Å². The molecule has 0 atom stereocenters. The first kappa shape index (κ1) is 15.2. The average molecular weight is 313 g/mol. The van der Waals surface area contributed by atoms with Crippen LogP contribution >= 0.6 is 15.9 Å². The molecule has 0 aliphatic rings. The number of nitrogens with zero attached hydrogens (tertiary/aromatic N) is 1. The second-order valence-electron chi connectivity index (χ2n) is 5.19. The Morgan fingerprint density at radius 1 is 1.33 bits per heavy atom. The van der Waals surface area contributed by atoms with Gasteiger partial charge in [0.2, 0.25) is 5.91 Å². The summed E-state index contributed by atoms with van der Waals surface area (Å²) in [6.45, 7) is 4.84. The molecule has 0 aromatic heterocycles. The Balaban J connectivity index is 2.53. The van der Waals surface area contributed by atoms with Crippen LogP contribution in [0.5, 0.6) is 0 Å². The van der Waals surface area contributed by atoms with Crippen LogP contribution < -0.4 is 5.73 Å². The number of benzene rings is 1. The molecule has 100 valence electrons. The van der Waals surface area contributed by atoms with Crippen LogP contribution in [-0.4, -0.2) is 30.9 Å². The molecule has 0 fully saturated rings. The predicted octanol–water partition coefficient (Wildman–Crippen LogP) is 2.43. The highest BCUT2D eigenvalue weighted by Gasteiger charge is 2.28. The fraction of sp³-hybridized carbons (Fsp3) is 0.500. The monoisotopic (exact) mass is 312 g/mol. The van der Waals surface area contributed by atoms with Gasteiger partial charge < -0.3 is 10.6 Å². The van der Waals surface area contributed by atoms with Gasteiger partial charge in [0.05, 0.1) is 5.41 Å². The van der Waals surface area contributed by atoms with E-state index in [1.807, 2.05) is 33.0 Å². The Kier molecular flexibility index (Phi) is 5.35. The largest absolute Gasteiger partial charge is 0.345 e. The van der Waals surface area contributed by atoms with Crippen molar-refractivity contribution in [3.63, 3.8) is 0 Å². The minimum atomic E-state index is -0.478. The molecule has 0 saturated carbocycles. The smallest absolute Gasteiger partial charge is 0.229 e. The fourth-order valence-electron chi connectivity index (χ4n) is 1.65. The molecule has 18 heavy (non-hydrogen) atoms. The van der Waals surface area contributed by atoms with Crippen LogP contribution in [-0.2, 0) is 11.2 Å². The number of likely N-dealkylation sites (N-methyl/N-ethyl adjacent to an activating group) is 1. The number of nitrogens with two attached hydrogens (primary N) is 1. The van der Waals surface area contributed by atoms with Crippen molar-refractivity contribution in [3.8, 4) is 0 Å². The highest BCUT2D eigenvalue weighted by atomic mass is 79.9. The third-order valence-corrected chi connectivity index (χ3v) is 3.61. The SMILES string of the molecule is CN(CCc1ccc(Br)cc1)C(=O)C(C)(C)CN. The number of rotatable bonds is 5. The maximum atomic E-state index is 12.1. The summed E-state index contributed by atoms with van der Waals surface area (Å²) in [4.78, 5) is 13.9. The molecule has 0 unspecified atom stereocenters. The predicted molar refractivity (Wildman–Crippen MR) is 78.3 cm³/mol. The molecule has 0 aliphatic carbocycles. The first-order valence-electron chi connectivity index (χ1n) is 6.07. The summed E-state index contributed by atoms with van der Waals surface area (Å²) in [7, 11) is 1.83. The van der Waals surface area contributed by atoms with E-state index in [1.54, 1.807) is 4.90 Å². The van der Waals surface area contributed by atoms with Crippen LogP contribution in [0, 0.1) is 5.41 Å². The molecule has 0 heterocycles. The Bertz CT molecular complexity index is 401. The van der Waals surface area contributed by atoms with E-state index in [-0.39, 0.29) is 5.91 Å². The lowest BCUT2D eigenvalue weighted by Crippen LogP contribution is -2.43. The molecular weight excluding hydrogens is 292 g/mol. The van der Waals surface area contributed by atoms with Gasteiger partial charge in [-0.3, -0.25) is 4.79 Å². The summed E-state index contributed by atoms with van der Waals surface area (Å²) < 4.78 is 1.07. The first-order chi connectivity index (χ1) is 8.36. The highest BCUT2D eigenvalue weighted by Crippen LogP contribution is 2.17. The second kappa shape index (κ2) is 6.34. The van der Waals surface area contributed by atoms with E-state index in [2.05, 4.69) is 28.1 Å². The van der Waals surface area contributed by atoms with Gasteiger partial charge in [0, 0.05) is 24.6 Å². The number of carbonyl (C=O) groups excluding carboxylic acids is 1. The van der Waals surface area contributed by atoms with Gasteiger partial charge in [0.15, 0.2) is 0 Å². The van der Waals surface area contributed by atoms with Gasteiger partial charge in [-0.05, 0) is 38.0 Å². The van der Waals surface area contributed by atoms with E-state index in [0.29, 0.717) is 13.1 Å². The molecule has 0 aliphatic heterocycles. The topological polar surface area (TPSA) is 46.3 Å². The summed E-state index contributed by atoms with van der Waals surface area (Å²) >= 11 is 3.41. The molecule has 0 saturated heterocycles. The Hall–Kier alpha value is -0.870. The highest BCUT2D eigenvalue weighted by molar-refractivity contribution is 9.10. The number of hydrogen-bond acceptors (Lipinski definition) is 2. The molecule has 0 radical (unpaired) electrons. The van der Waals surface area contributed by atoms with Crippen LogP contribution in [0.25, 0.3) is 0 Å². The van der Waals surface area contributed by atoms with E-state index >= 15 is 0 Å².